The van der Waals surface area contributed by atoms with E-state index in [4.69, 9.17) is 27.4 Å². The molecule has 0 amide bonds. The van der Waals surface area contributed by atoms with Crippen molar-refractivity contribution in [3.05, 3.63) is 47.0 Å². The number of anilines is 1. The fourth-order valence-electron chi connectivity index (χ4n) is 2.66. The summed E-state index contributed by atoms with van der Waals surface area (Å²) in [5, 5.41) is 0. The summed E-state index contributed by atoms with van der Waals surface area (Å²) in [6, 6.07) is 4.06. The van der Waals surface area contributed by atoms with Crippen LogP contribution in [-0.4, -0.2) is 17.0 Å². The van der Waals surface area contributed by atoms with Crippen molar-refractivity contribution >= 4 is 23.0 Å². The highest BCUT2D eigenvalue weighted by atomic mass is 32.1. The third kappa shape index (κ3) is 2.41. The molecule has 0 atom stereocenters. The number of furan rings is 1. The predicted octanol–water partition coefficient (Wildman–Crippen LogP) is 2.43. The van der Waals surface area contributed by atoms with Crippen LogP contribution in [0.1, 0.15) is 28.8 Å². The molecule has 0 aromatic carbocycles. The van der Waals surface area contributed by atoms with Gasteiger partial charge in [-0.25, -0.2) is 4.98 Å². The number of aryl methyl sites for hydroxylation is 2. The van der Waals surface area contributed by atoms with Crippen LogP contribution in [0.2, 0.25) is 0 Å². The van der Waals surface area contributed by atoms with E-state index in [0.29, 0.717) is 4.99 Å². The van der Waals surface area contributed by atoms with Gasteiger partial charge in [-0.2, -0.15) is 0 Å². The second-order valence-electron chi connectivity index (χ2n) is 5.17. The number of nitrogens with two attached hydrogens (primary N) is 1. The summed E-state index contributed by atoms with van der Waals surface area (Å²) < 4.78 is 5.11. The average Bonchev–Trinajstić information content (AvgIpc) is 3.06. The van der Waals surface area contributed by atoms with Gasteiger partial charge in [0.05, 0.1) is 18.1 Å². The van der Waals surface area contributed by atoms with E-state index >= 15 is 0 Å². The van der Waals surface area contributed by atoms with Gasteiger partial charge in [-0.15, -0.1) is 0 Å². The van der Waals surface area contributed by atoms with Gasteiger partial charge in [-0.05, 0) is 37.0 Å². The first-order chi connectivity index (χ1) is 9.65. The van der Waals surface area contributed by atoms with Crippen molar-refractivity contribution in [2.24, 2.45) is 5.73 Å². The van der Waals surface area contributed by atoms with E-state index < -0.39 is 0 Å². The number of fused-ring (bicyclic) bond motifs is 1. The third-order valence-corrected chi connectivity index (χ3v) is 3.88. The first-order valence-electron chi connectivity index (χ1n) is 6.70. The van der Waals surface area contributed by atoms with Crippen LogP contribution in [0.4, 0.5) is 5.82 Å². The van der Waals surface area contributed by atoms with Crippen LogP contribution in [0.3, 0.4) is 0 Å². The smallest absolute Gasteiger partial charge is 0.139 e. The molecule has 0 aliphatic heterocycles. The maximum Gasteiger partial charge on any atom is 0.139 e. The number of pyridine rings is 1. The van der Waals surface area contributed by atoms with Gasteiger partial charge in [-0.3, -0.25) is 0 Å². The van der Waals surface area contributed by atoms with Crippen molar-refractivity contribution in [3.8, 4) is 0 Å². The first kappa shape index (κ1) is 13.1. The third-order valence-electron chi connectivity index (χ3n) is 3.66. The summed E-state index contributed by atoms with van der Waals surface area (Å²) in [5.74, 6) is 0.861. The number of hydrogen-bond acceptors (Lipinski definition) is 4. The Bertz CT molecular complexity index is 637. The molecule has 104 valence electrons. The molecule has 0 unspecified atom stereocenters. The molecular weight excluding hydrogens is 270 g/mol. The van der Waals surface area contributed by atoms with Crippen molar-refractivity contribution in [1.82, 2.24) is 4.98 Å². The zero-order valence-electron chi connectivity index (χ0n) is 11.4. The average molecular weight is 287 g/mol. The van der Waals surface area contributed by atoms with E-state index in [1.807, 2.05) is 13.1 Å². The molecule has 2 N–H and O–H groups in total. The molecular formula is C15H17N3OS. The van der Waals surface area contributed by atoms with Gasteiger partial charge in [0, 0.05) is 24.8 Å². The SMILES string of the molecule is CN(Cc1ccoc1)c1nc2c(cc1C(N)=S)CCC2. The second kappa shape index (κ2) is 5.25. The van der Waals surface area contributed by atoms with Crippen molar-refractivity contribution in [1.29, 1.82) is 0 Å². The summed E-state index contributed by atoms with van der Waals surface area (Å²) in [4.78, 5) is 7.25. The van der Waals surface area contributed by atoms with Gasteiger partial charge in [0.25, 0.3) is 0 Å². The standard InChI is InChI=1S/C15H17N3OS/c1-18(8-10-5-6-19-9-10)15-12(14(16)20)7-11-3-2-4-13(11)17-15/h5-7,9H,2-4,8H2,1H3,(H2,16,20). The number of hydrogen-bond donors (Lipinski definition) is 1. The largest absolute Gasteiger partial charge is 0.472 e. The predicted molar refractivity (Wildman–Crippen MR) is 83.0 cm³/mol. The molecule has 0 fully saturated rings. The number of thiocarbonyl (C=S) groups is 1. The molecule has 1 aliphatic rings. The van der Waals surface area contributed by atoms with E-state index in [9.17, 15) is 0 Å². The highest BCUT2D eigenvalue weighted by Crippen LogP contribution is 2.27. The molecule has 4 nitrogen and oxygen atoms in total. The highest BCUT2D eigenvalue weighted by molar-refractivity contribution is 7.80. The van der Waals surface area contributed by atoms with Gasteiger partial charge >= 0.3 is 0 Å². The molecule has 3 rings (SSSR count). The van der Waals surface area contributed by atoms with Gasteiger partial charge in [0.15, 0.2) is 0 Å². The van der Waals surface area contributed by atoms with Crippen molar-refractivity contribution < 1.29 is 4.42 Å². The molecule has 0 spiro atoms. The van der Waals surface area contributed by atoms with Crippen LogP contribution >= 0.6 is 12.2 Å². The lowest BCUT2D eigenvalue weighted by atomic mass is 10.1. The Hall–Kier alpha value is -1.88. The van der Waals surface area contributed by atoms with E-state index in [0.717, 1.165) is 42.8 Å². The van der Waals surface area contributed by atoms with Crippen LogP contribution in [-0.2, 0) is 19.4 Å². The molecule has 5 heteroatoms. The number of nitrogens with zero attached hydrogens (tertiary/aromatic N) is 2. The summed E-state index contributed by atoms with van der Waals surface area (Å²) in [7, 11) is 2.00. The zero-order valence-corrected chi connectivity index (χ0v) is 12.2. The fourth-order valence-corrected chi connectivity index (χ4v) is 2.82. The Morgan fingerprint density at radius 3 is 3.05 bits per heavy atom. The Kier molecular flexibility index (Phi) is 3.44. The maximum atomic E-state index is 5.87. The van der Waals surface area contributed by atoms with Crippen molar-refractivity contribution in [3.63, 3.8) is 0 Å². The van der Waals surface area contributed by atoms with Crippen molar-refractivity contribution in [2.45, 2.75) is 25.8 Å². The van der Waals surface area contributed by atoms with E-state index in [1.54, 1.807) is 12.5 Å². The minimum atomic E-state index is 0.404. The molecule has 2 heterocycles. The summed E-state index contributed by atoms with van der Waals surface area (Å²) in [5.41, 5.74) is 10.3. The van der Waals surface area contributed by atoms with Gasteiger partial charge in [0.2, 0.25) is 0 Å². The summed E-state index contributed by atoms with van der Waals surface area (Å²) in [6.07, 6.45) is 6.69. The highest BCUT2D eigenvalue weighted by Gasteiger charge is 2.19. The minimum Gasteiger partial charge on any atom is -0.472 e. The van der Waals surface area contributed by atoms with Gasteiger partial charge in [0.1, 0.15) is 10.8 Å². The lowest BCUT2D eigenvalue weighted by Gasteiger charge is -2.21. The number of aromatic nitrogens is 1. The zero-order chi connectivity index (χ0) is 14.1. The quantitative estimate of drug-likeness (QED) is 0.875. The van der Waals surface area contributed by atoms with E-state index in [-0.39, 0.29) is 0 Å². The molecule has 20 heavy (non-hydrogen) atoms. The topological polar surface area (TPSA) is 55.3 Å². The van der Waals surface area contributed by atoms with Crippen LogP contribution in [0, 0.1) is 0 Å². The Morgan fingerprint density at radius 2 is 2.35 bits per heavy atom. The monoisotopic (exact) mass is 287 g/mol. The van der Waals surface area contributed by atoms with E-state index in [2.05, 4.69) is 11.0 Å². The molecule has 0 radical (unpaired) electrons. The molecule has 1 aliphatic carbocycles. The van der Waals surface area contributed by atoms with Gasteiger partial charge < -0.3 is 15.1 Å². The van der Waals surface area contributed by atoms with Gasteiger partial charge in [-0.1, -0.05) is 12.2 Å². The number of rotatable bonds is 4. The normalized spacial score (nSPS) is 13.2. The Labute approximate surface area is 123 Å². The molecule has 0 saturated carbocycles. The van der Waals surface area contributed by atoms with Crippen LogP contribution in [0.25, 0.3) is 0 Å². The fraction of sp³-hybridized carbons (Fsp3) is 0.333. The Morgan fingerprint density at radius 1 is 1.50 bits per heavy atom. The van der Waals surface area contributed by atoms with Crippen LogP contribution in [0.5, 0.6) is 0 Å². The molecule has 2 aromatic rings. The van der Waals surface area contributed by atoms with Crippen molar-refractivity contribution in [2.75, 3.05) is 11.9 Å². The summed E-state index contributed by atoms with van der Waals surface area (Å²) >= 11 is 5.18. The van der Waals surface area contributed by atoms with E-state index in [1.165, 1.54) is 11.3 Å². The lowest BCUT2D eigenvalue weighted by Crippen LogP contribution is -2.23. The first-order valence-corrected chi connectivity index (χ1v) is 7.11. The lowest BCUT2D eigenvalue weighted by molar-refractivity contribution is 0.563. The minimum absolute atomic E-state index is 0.404. The van der Waals surface area contributed by atoms with Crippen LogP contribution in [0.15, 0.2) is 29.1 Å². The molecule has 0 bridgehead atoms. The van der Waals surface area contributed by atoms with Crippen LogP contribution < -0.4 is 10.6 Å². The molecule has 2 aromatic heterocycles. The maximum absolute atomic E-state index is 5.87. The second-order valence-corrected chi connectivity index (χ2v) is 5.61. The molecule has 0 saturated heterocycles. The summed E-state index contributed by atoms with van der Waals surface area (Å²) in [6.45, 7) is 0.720. The Balaban J connectivity index is 1.96.